The molecule has 66 valence electrons. The van der Waals surface area contributed by atoms with Crippen LogP contribution in [0, 0.1) is 0 Å². The average Bonchev–Trinajstić information content (AvgIpc) is 2.01. The van der Waals surface area contributed by atoms with Crippen LogP contribution >= 0.6 is 0 Å². The number of anilines is 2. The van der Waals surface area contributed by atoms with E-state index in [-0.39, 0.29) is 24.3 Å². The smallest absolute Gasteiger partial charge is 0.225 e. The average molecular weight is 170 g/mol. The van der Waals surface area contributed by atoms with Gasteiger partial charge in [-0.15, -0.1) is 0 Å². The monoisotopic (exact) mass is 170 g/mol. The molecule has 0 aliphatic carbocycles. The number of nitrogens with two attached hydrogens (primary N) is 3. The number of nitrogens with zero attached hydrogens (tertiary/aromatic N) is 3. The number of aliphatic hydroxyl groups is 1. The number of hydrogen-bond donors (Lipinski definition) is 4. The van der Waals surface area contributed by atoms with Crippen LogP contribution in [0.1, 0.15) is 11.9 Å². The van der Waals surface area contributed by atoms with Crippen LogP contribution in [0.15, 0.2) is 0 Å². The second kappa shape index (κ2) is 3.28. The summed E-state index contributed by atoms with van der Waals surface area (Å²) in [5.41, 5.74) is 15.7. The lowest BCUT2D eigenvalue weighted by Gasteiger charge is -2.05. The highest BCUT2D eigenvalue weighted by atomic mass is 16.3. The van der Waals surface area contributed by atoms with Crippen LogP contribution in [0.2, 0.25) is 0 Å². The summed E-state index contributed by atoms with van der Waals surface area (Å²) in [5, 5.41) is 9.19. The molecule has 0 radical (unpaired) electrons. The van der Waals surface area contributed by atoms with Crippen molar-refractivity contribution in [2.45, 2.75) is 6.10 Å². The van der Waals surface area contributed by atoms with Gasteiger partial charge in [-0.2, -0.15) is 15.0 Å². The maximum Gasteiger partial charge on any atom is 0.225 e. The summed E-state index contributed by atoms with van der Waals surface area (Å²) in [7, 11) is 0. The molecule has 1 aromatic rings. The van der Waals surface area contributed by atoms with Gasteiger partial charge in [0.05, 0.1) is 0 Å². The first-order valence-electron chi connectivity index (χ1n) is 3.28. The van der Waals surface area contributed by atoms with Crippen molar-refractivity contribution in [3.63, 3.8) is 0 Å². The van der Waals surface area contributed by atoms with Gasteiger partial charge >= 0.3 is 0 Å². The van der Waals surface area contributed by atoms with E-state index in [2.05, 4.69) is 15.0 Å². The number of aromatic nitrogens is 3. The lowest BCUT2D eigenvalue weighted by molar-refractivity contribution is 0.176. The van der Waals surface area contributed by atoms with Crippen molar-refractivity contribution in [2.24, 2.45) is 5.73 Å². The van der Waals surface area contributed by atoms with Crippen LogP contribution in [0.25, 0.3) is 0 Å². The molecule has 0 saturated carbocycles. The van der Waals surface area contributed by atoms with E-state index in [4.69, 9.17) is 17.2 Å². The van der Waals surface area contributed by atoms with Crippen molar-refractivity contribution in [2.75, 3.05) is 18.0 Å². The van der Waals surface area contributed by atoms with Crippen LogP contribution < -0.4 is 17.2 Å². The minimum absolute atomic E-state index is 0.0168. The van der Waals surface area contributed by atoms with Gasteiger partial charge in [0.2, 0.25) is 11.9 Å². The molecule has 1 rings (SSSR count). The first-order valence-corrected chi connectivity index (χ1v) is 3.28. The zero-order valence-corrected chi connectivity index (χ0v) is 6.31. The second-order valence-electron chi connectivity index (χ2n) is 2.16. The summed E-state index contributed by atoms with van der Waals surface area (Å²) in [6.45, 7) is 0.0168. The van der Waals surface area contributed by atoms with Gasteiger partial charge in [-0.25, -0.2) is 0 Å². The molecular formula is C5H10N6O. The van der Waals surface area contributed by atoms with Crippen LogP contribution in [-0.2, 0) is 0 Å². The highest BCUT2D eigenvalue weighted by Crippen LogP contribution is 2.07. The van der Waals surface area contributed by atoms with E-state index in [1.807, 2.05) is 0 Å². The SMILES string of the molecule is NC[C@H](O)c1nc(N)nc(N)n1. The van der Waals surface area contributed by atoms with Crippen molar-refractivity contribution >= 4 is 11.9 Å². The van der Waals surface area contributed by atoms with Crippen LogP contribution in [0.3, 0.4) is 0 Å². The van der Waals surface area contributed by atoms with Gasteiger partial charge in [-0.05, 0) is 0 Å². The minimum Gasteiger partial charge on any atom is -0.384 e. The van der Waals surface area contributed by atoms with Gasteiger partial charge in [0.15, 0.2) is 5.82 Å². The zero-order valence-electron chi connectivity index (χ0n) is 6.31. The van der Waals surface area contributed by atoms with Crippen molar-refractivity contribution < 1.29 is 5.11 Å². The predicted octanol–water partition coefficient (Wildman–Crippen LogP) is -1.97. The van der Waals surface area contributed by atoms with Gasteiger partial charge in [0.1, 0.15) is 6.10 Å². The summed E-state index contributed by atoms with van der Waals surface area (Å²) < 4.78 is 0. The molecular weight excluding hydrogens is 160 g/mol. The minimum atomic E-state index is -0.947. The summed E-state index contributed by atoms with van der Waals surface area (Å²) in [6, 6.07) is 0. The first-order chi connectivity index (χ1) is 5.63. The topological polar surface area (TPSA) is 137 Å². The molecule has 0 spiro atoms. The molecule has 0 amide bonds. The Balaban J connectivity index is 3.00. The van der Waals surface area contributed by atoms with E-state index in [0.717, 1.165) is 0 Å². The maximum absolute atomic E-state index is 9.19. The summed E-state index contributed by atoms with van der Waals surface area (Å²) in [5.74, 6) is 0.0532. The molecule has 0 bridgehead atoms. The van der Waals surface area contributed by atoms with E-state index in [1.165, 1.54) is 0 Å². The third-order valence-corrected chi connectivity index (χ3v) is 1.21. The number of nitrogen functional groups attached to an aromatic ring is 2. The lowest BCUT2D eigenvalue weighted by atomic mass is 10.3. The number of rotatable bonds is 2. The zero-order chi connectivity index (χ0) is 9.14. The molecule has 0 aromatic carbocycles. The van der Waals surface area contributed by atoms with Crippen LogP contribution in [0.5, 0.6) is 0 Å². The molecule has 7 heteroatoms. The third-order valence-electron chi connectivity index (χ3n) is 1.21. The first kappa shape index (κ1) is 8.62. The Bertz CT molecular complexity index is 256. The molecule has 0 saturated heterocycles. The molecule has 0 unspecified atom stereocenters. The maximum atomic E-state index is 9.19. The van der Waals surface area contributed by atoms with Gasteiger partial charge in [-0.3, -0.25) is 0 Å². The molecule has 7 N–H and O–H groups in total. The Kier molecular flexibility index (Phi) is 2.36. The van der Waals surface area contributed by atoms with Gasteiger partial charge in [-0.1, -0.05) is 0 Å². The largest absolute Gasteiger partial charge is 0.384 e. The number of hydrogen-bond acceptors (Lipinski definition) is 7. The van der Waals surface area contributed by atoms with Crippen LogP contribution in [0.4, 0.5) is 11.9 Å². The van der Waals surface area contributed by atoms with E-state index in [0.29, 0.717) is 0 Å². The molecule has 1 heterocycles. The van der Waals surface area contributed by atoms with Gasteiger partial charge in [0.25, 0.3) is 0 Å². The second-order valence-corrected chi connectivity index (χ2v) is 2.16. The van der Waals surface area contributed by atoms with Gasteiger partial charge < -0.3 is 22.3 Å². The Morgan fingerprint density at radius 2 is 1.67 bits per heavy atom. The molecule has 1 atom stereocenters. The molecule has 7 nitrogen and oxygen atoms in total. The fourth-order valence-corrected chi connectivity index (χ4v) is 0.682. The lowest BCUT2D eigenvalue weighted by Crippen LogP contribution is -2.17. The molecule has 0 aliphatic heterocycles. The van der Waals surface area contributed by atoms with Crippen molar-refractivity contribution in [3.8, 4) is 0 Å². The quantitative estimate of drug-likeness (QED) is 0.404. The fourth-order valence-electron chi connectivity index (χ4n) is 0.682. The summed E-state index contributed by atoms with van der Waals surface area (Å²) >= 11 is 0. The molecule has 12 heavy (non-hydrogen) atoms. The molecule has 0 fully saturated rings. The highest BCUT2D eigenvalue weighted by Gasteiger charge is 2.10. The van der Waals surface area contributed by atoms with E-state index in [1.54, 1.807) is 0 Å². The highest BCUT2D eigenvalue weighted by molar-refractivity contribution is 5.26. The molecule has 1 aromatic heterocycles. The molecule has 0 aliphatic rings. The Hall–Kier alpha value is -1.47. The Morgan fingerprint density at radius 1 is 1.17 bits per heavy atom. The van der Waals surface area contributed by atoms with E-state index < -0.39 is 6.10 Å². The van der Waals surface area contributed by atoms with Crippen LogP contribution in [-0.4, -0.2) is 26.6 Å². The van der Waals surface area contributed by atoms with E-state index in [9.17, 15) is 5.11 Å². The Morgan fingerprint density at radius 3 is 2.08 bits per heavy atom. The summed E-state index contributed by atoms with van der Waals surface area (Å²) in [6.07, 6.45) is -0.947. The fraction of sp³-hybridized carbons (Fsp3) is 0.400. The van der Waals surface area contributed by atoms with Gasteiger partial charge in [0, 0.05) is 6.54 Å². The van der Waals surface area contributed by atoms with Crippen molar-refractivity contribution in [1.29, 1.82) is 0 Å². The summed E-state index contributed by atoms with van der Waals surface area (Å²) in [4.78, 5) is 10.8. The normalized spacial score (nSPS) is 12.8. The standard InChI is InChI=1S/C5H10N6O/c6-1-2(12)3-9-4(7)11-5(8)10-3/h2,12H,1,6H2,(H4,7,8,9,10,11)/t2-/m0/s1. The van der Waals surface area contributed by atoms with Crippen molar-refractivity contribution in [1.82, 2.24) is 15.0 Å². The van der Waals surface area contributed by atoms with E-state index >= 15 is 0 Å². The number of aliphatic hydroxyl groups excluding tert-OH is 1. The Labute approximate surface area is 68.6 Å². The third kappa shape index (κ3) is 1.77. The predicted molar refractivity (Wildman–Crippen MR) is 42.7 cm³/mol. The van der Waals surface area contributed by atoms with Crippen molar-refractivity contribution in [3.05, 3.63) is 5.82 Å².